The average Bonchev–Trinajstić information content (AvgIpc) is 1.83. The Balaban J connectivity index is 3.74. The molecule has 0 aliphatic rings. The largest absolute Gasteiger partial charge is 0.308 e. The van der Waals surface area contributed by atoms with E-state index in [1.54, 1.807) is 12.4 Å². The second-order valence-electron chi connectivity index (χ2n) is 1.42. The van der Waals surface area contributed by atoms with Crippen molar-refractivity contribution >= 4 is 12.4 Å². The maximum Gasteiger partial charge on any atom is 0.0308 e. The van der Waals surface area contributed by atoms with Crippen molar-refractivity contribution in [3.63, 3.8) is 0 Å². The SMILES string of the molecule is C/C=N\C=C(/C)C=N. The monoisotopic (exact) mass is 110 g/mol. The van der Waals surface area contributed by atoms with Crippen molar-refractivity contribution in [1.82, 2.24) is 0 Å². The third-order valence-corrected chi connectivity index (χ3v) is 0.655. The zero-order chi connectivity index (χ0) is 6.41. The fraction of sp³-hybridized carbons (Fsp3) is 0.333. The van der Waals surface area contributed by atoms with Crippen molar-refractivity contribution < 1.29 is 0 Å². The van der Waals surface area contributed by atoms with E-state index < -0.39 is 0 Å². The maximum absolute atomic E-state index is 6.72. The second kappa shape index (κ2) is 4.24. The van der Waals surface area contributed by atoms with Crippen LogP contribution >= 0.6 is 0 Å². The van der Waals surface area contributed by atoms with Gasteiger partial charge >= 0.3 is 0 Å². The first-order chi connectivity index (χ1) is 3.81. The minimum Gasteiger partial charge on any atom is -0.308 e. The molecular weight excluding hydrogens is 100 g/mol. The first-order valence-corrected chi connectivity index (χ1v) is 2.46. The average molecular weight is 110 g/mol. The van der Waals surface area contributed by atoms with Crippen LogP contribution in [0.25, 0.3) is 0 Å². The Morgan fingerprint density at radius 1 is 1.62 bits per heavy atom. The maximum atomic E-state index is 6.72. The van der Waals surface area contributed by atoms with Crippen molar-refractivity contribution in [1.29, 1.82) is 5.41 Å². The molecule has 2 nitrogen and oxygen atoms in total. The van der Waals surface area contributed by atoms with Gasteiger partial charge in [-0.05, 0) is 19.4 Å². The number of nitrogens with zero attached hydrogens (tertiary/aromatic N) is 1. The fourth-order valence-electron chi connectivity index (χ4n) is 0.229. The van der Waals surface area contributed by atoms with Crippen molar-refractivity contribution in [2.24, 2.45) is 4.99 Å². The van der Waals surface area contributed by atoms with Gasteiger partial charge in [-0.25, -0.2) is 0 Å². The number of aliphatic imine (C=N–C) groups is 1. The van der Waals surface area contributed by atoms with E-state index >= 15 is 0 Å². The molecule has 0 spiro atoms. The summed E-state index contributed by atoms with van der Waals surface area (Å²) in [5.41, 5.74) is 0.864. The first-order valence-electron chi connectivity index (χ1n) is 2.46. The van der Waals surface area contributed by atoms with Crippen LogP contribution in [-0.4, -0.2) is 12.4 Å². The van der Waals surface area contributed by atoms with Crippen LogP contribution in [0, 0.1) is 5.41 Å². The Kier molecular flexibility index (Phi) is 3.76. The van der Waals surface area contributed by atoms with Crippen molar-refractivity contribution in [3.05, 3.63) is 11.8 Å². The lowest BCUT2D eigenvalue weighted by atomic mass is 10.4. The molecule has 0 atom stereocenters. The molecule has 0 fully saturated rings. The smallest absolute Gasteiger partial charge is 0.0308 e. The molecule has 2 heteroatoms. The van der Waals surface area contributed by atoms with Crippen LogP contribution in [0.3, 0.4) is 0 Å². The molecule has 44 valence electrons. The molecule has 0 heterocycles. The van der Waals surface area contributed by atoms with Crippen LogP contribution in [0.4, 0.5) is 0 Å². The van der Waals surface area contributed by atoms with Crippen LogP contribution in [0.15, 0.2) is 16.8 Å². The number of hydrogen-bond donors (Lipinski definition) is 1. The molecule has 0 saturated heterocycles. The molecule has 0 bridgehead atoms. The number of nitrogens with one attached hydrogen (secondary N) is 1. The van der Waals surface area contributed by atoms with Gasteiger partial charge < -0.3 is 5.41 Å². The van der Waals surface area contributed by atoms with E-state index in [1.807, 2.05) is 13.8 Å². The fourth-order valence-corrected chi connectivity index (χ4v) is 0.229. The van der Waals surface area contributed by atoms with E-state index in [-0.39, 0.29) is 0 Å². The molecule has 0 aliphatic heterocycles. The molecule has 0 unspecified atom stereocenters. The van der Waals surface area contributed by atoms with E-state index in [0.717, 1.165) is 5.57 Å². The summed E-state index contributed by atoms with van der Waals surface area (Å²) in [5, 5.41) is 6.72. The van der Waals surface area contributed by atoms with Gasteiger partial charge in [0.2, 0.25) is 0 Å². The first kappa shape index (κ1) is 7.08. The predicted molar refractivity (Wildman–Crippen MR) is 36.7 cm³/mol. The van der Waals surface area contributed by atoms with E-state index in [9.17, 15) is 0 Å². The molecule has 0 aromatic heterocycles. The zero-order valence-corrected chi connectivity index (χ0v) is 5.18. The standard InChI is InChI=1S/C6H10N2/c1-3-8-5-6(2)4-7/h3-5,7H,1-2H3/b6-5+,7-4?,8-3-. The molecule has 0 rings (SSSR count). The summed E-state index contributed by atoms with van der Waals surface area (Å²) in [6, 6.07) is 0. The highest BCUT2D eigenvalue weighted by Gasteiger charge is 1.72. The van der Waals surface area contributed by atoms with Gasteiger partial charge in [0.05, 0.1) is 0 Å². The topological polar surface area (TPSA) is 36.2 Å². The highest BCUT2D eigenvalue weighted by Crippen LogP contribution is 1.84. The predicted octanol–water partition coefficient (Wildman–Crippen LogP) is 1.63. The third-order valence-electron chi connectivity index (χ3n) is 0.655. The Morgan fingerprint density at radius 3 is 2.62 bits per heavy atom. The minimum absolute atomic E-state index is 0.864. The molecule has 0 aromatic carbocycles. The summed E-state index contributed by atoms with van der Waals surface area (Å²) in [4.78, 5) is 3.80. The van der Waals surface area contributed by atoms with Crippen LogP contribution in [0.2, 0.25) is 0 Å². The van der Waals surface area contributed by atoms with Gasteiger partial charge in [-0.15, -0.1) is 0 Å². The van der Waals surface area contributed by atoms with E-state index in [1.165, 1.54) is 6.21 Å². The highest BCUT2D eigenvalue weighted by atomic mass is 14.7. The highest BCUT2D eigenvalue weighted by molar-refractivity contribution is 5.74. The van der Waals surface area contributed by atoms with Crippen molar-refractivity contribution in [3.8, 4) is 0 Å². The normalized spacial score (nSPS) is 12.5. The van der Waals surface area contributed by atoms with Crippen molar-refractivity contribution in [2.75, 3.05) is 0 Å². The molecular formula is C6H10N2. The summed E-state index contributed by atoms with van der Waals surface area (Å²) in [5.74, 6) is 0. The molecule has 0 amide bonds. The third kappa shape index (κ3) is 3.28. The number of hydrogen-bond acceptors (Lipinski definition) is 2. The van der Waals surface area contributed by atoms with Crippen LogP contribution in [0.5, 0.6) is 0 Å². The lowest BCUT2D eigenvalue weighted by Crippen LogP contribution is -1.71. The van der Waals surface area contributed by atoms with Crippen LogP contribution in [0.1, 0.15) is 13.8 Å². The molecule has 0 radical (unpaired) electrons. The Bertz CT molecular complexity index is 122. The summed E-state index contributed by atoms with van der Waals surface area (Å²) >= 11 is 0. The minimum atomic E-state index is 0.864. The molecule has 1 N–H and O–H groups in total. The second-order valence-corrected chi connectivity index (χ2v) is 1.42. The van der Waals surface area contributed by atoms with Crippen LogP contribution < -0.4 is 0 Å². The van der Waals surface area contributed by atoms with Gasteiger partial charge in [-0.2, -0.15) is 0 Å². The van der Waals surface area contributed by atoms with E-state index in [4.69, 9.17) is 5.41 Å². The van der Waals surface area contributed by atoms with E-state index in [2.05, 4.69) is 4.99 Å². The van der Waals surface area contributed by atoms with Gasteiger partial charge in [0.15, 0.2) is 0 Å². The van der Waals surface area contributed by atoms with Crippen LogP contribution in [-0.2, 0) is 0 Å². The summed E-state index contributed by atoms with van der Waals surface area (Å²) in [7, 11) is 0. The quantitative estimate of drug-likeness (QED) is 0.524. The molecule has 0 aliphatic carbocycles. The zero-order valence-electron chi connectivity index (χ0n) is 5.18. The summed E-state index contributed by atoms with van der Waals surface area (Å²) in [6.07, 6.45) is 4.60. The Labute approximate surface area is 49.5 Å². The van der Waals surface area contributed by atoms with E-state index in [0.29, 0.717) is 0 Å². The summed E-state index contributed by atoms with van der Waals surface area (Å²) in [6.45, 7) is 3.67. The van der Waals surface area contributed by atoms with Gasteiger partial charge in [0, 0.05) is 18.6 Å². The Hall–Kier alpha value is -0.920. The number of rotatable bonds is 2. The lowest BCUT2D eigenvalue weighted by molar-refractivity contribution is 1.44. The Morgan fingerprint density at radius 2 is 2.25 bits per heavy atom. The van der Waals surface area contributed by atoms with Crippen molar-refractivity contribution in [2.45, 2.75) is 13.8 Å². The summed E-state index contributed by atoms with van der Waals surface area (Å²) < 4.78 is 0. The van der Waals surface area contributed by atoms with Gasteiger partial charge in [0.25, 0.3) is 0 Å². The van der Waals surface area contributed by atoms with Gasteiger partial charge in [0.1, 0.15) is 0 Å². The molecule has 0 saturated carbocycles. The lowest BCUT2D eigenvalue weighted by Gasteiger charge is -1.79. The molecule has 0 aromatic rings. The molecule has 8 heavy (non-hydrogen) atoms. The number of allylic oxidation sites excluding steroid dienone is 1. The van der Waals surface area contributed by atoms with Gasteiger partial charge in [-0.1, -0.05) is 0 Å². The van der Waals surface area contributed by atoms with Gasteiger partial charge in [-0.3, -0.25) is 4.99 Å².